The molecule has 0 heterocycles. The van der Waals surface area contributed by atoms with Crippen LogP contribution in [-0.4, -0.2) is 32.8 Å². The van der Waals surface area contributed by atoms with Crippen LogP contribution in [0.25, 0.3) is 0 Å². The molecule has 0 radical (unpaired) electrons. The highest BCUT2D eigenvalue weighted by atomic mass is 32.2. The van der Waals surface area contributed by atoms with E-state index in [0.717, 1.165) is 11.1 Å². The van der Waals surface area contributed by atoms with Gasteiger partial charge in [0.05, 0.1) is 18.0 Å². The summed E-state index contributed by atoms with van der Waals surface area (Å²) in [6.07, 6.45) is -0.0399. The molecule has 0 unspecified atom stereocenters. The van der Waals surface area contributed by atoms with Crippen LogP contribution < -0.4 is 10.1 Å². The molecule has 0 spiro atoms. The van der Waals surface area contributed by atoms with Crippen LogP contribution in [0.5, 0.6) is 5.75 Å². The number of anilines is 1. The van der Waals surface area contributed by atoms with Crippen LogP contribution in [0, 0.1) is 13.8 Å². The van der Waals surface area contributed by atoms with Gasteiger partial charge in [-0.2, -0.15) is 4.31 Å². The van der Waals surface area contributed by atoms with Crippen molar-refractivity contribution in [2.45, 2.75) is 31.2 Å². The van der Waals surface area contributed by atoms with E-state index in [1.165, 1.54) is 11.4 Å². The minimum atomic E-state index is -3.81. The fraction of sp³-hybridized carbons (Fsp3) is 0.240. The van der Waals surface area contributed by atoms with E-state index in [1.54, 1.807) is 61.7 Å². The highest BCUT2D eigenvalue weighted by Crippen LogP contribution is 2.30. The van der Waals surface area contributed by atoms with Crippen molar-refractivity contribution >= 4 is 21.6 Å². The molecule has 1 amide bonds. The topological polar surface area (TPSA) is 75.7 Å². The van der Waals surface area contributed by atoms with E-state index < -0.39 is 16.1 Å². The molecular formula is C25H28N2O4S. The van der Waals surface area contributed by atoms with Crippen molar-refractivity contribution in [3.05, 3.63) is 89.5 Å². The number of sulfonamides is 1. The van der Waals surface area contributed by atoms with Gasteiger partial charge in [-0.3, -0.25) is 4.79 Å². The van der Waals surface area contributed by atoms with Gasteiger partial charge in [0.15, 0.2) is 0 Å². The Kier molecular flexibility index (Phi) is 7.33. The quantitative estimate of drug-likeness (QED) is 0.537. The smallest absolute Gasteiger partial charge is 0.243 e. The summed E-state index contributed by atoms with van der Waals surface area (Å²) in [5.74, 6) is 0.379. The number of nitrogens with zero attached hydrogens (tertiary/aromatic N) is 1. The second-order valence-electron chi connectivity index (χ2n) is 7.67. The minimum Gasteiger partial charge on any atom is -0.497 e. The van der Waals surface area contributed by atoms with Gasteiger partial charge >= 0.3 is 0 Å². The Labute approximate surface area is 189 Å². The van der Waals surface area contributed by atoms with Crippen LogP contribution in [0.1, 0.15) is 29.2 Å². The van der Waals surface area contributed by atoms with Gasteiger partial charge in [-0.1, -0.05) is 36.4 Å². The van der Waals surface area contributed by atoms with Gasteiger partial charge in [-0.05, 0) is 66.9 Å². The van der Waals surface area contributed by atoms with Gasteiger partial charge in [-0.15, -0.1) is 0 Å². The second kappa shape index (κ2) is 9.97. The molecule has 32 heavy (non-hydrogen) atoms. The molecular weight excluding hydrogens is 424 g/mol. The summed E-state index contributed by atoms with van der Waals surface area (Å²) in [4.78, 5) is 13.1. The number of nitrogens with one attached hydrogen (secondary N) is 1. The predicted octanol–water partition coefficient (Wildman–Crippen LogP) is 4.70. The van der Waals surface area contributed by atoms with Crippen LogP contribution in [0.4, 0.5) is 5.69 Å². The average Bonchev–Trinajstić information content (AvgIpc) is 2.80. The molecule has 0 fully saturated rings. The summed E-state index contributed by atoms with van der Waals surface area (Å²) in [7, 11) is -0.745. The van der Waals surface area contributed by atoms with Gasteiger partial charge < -0.3 is 10.1 Å². The number of methoxy groups -OCH3 is 1. The maximum atomic E-state index is 13.3. The predicted molar refractivity (Wildman–Crippen MR) is 126 cm³/mol. The molecule has 0 aliphatic rings. The molecule has 3 rings (SSSR count). The molecule has 1 atom stereocenters. The van der Waals surface area contributed by atoms with Crippen LogP contribution in [0.2, 0.25) is 0 Å². The second-order valence-corrected chi connectivity index (χ2v) is 9.67. The zero-order valence-electron chi connectivity index (χ0n) is 18.7. The van der Waals surface area contributed by atoms with E-state index in [-0.39, 0.29) is 17.2 Å². The van der Waals surface area contributed by atoms with Crippen molar-refractivity contribution in [1.82, 2.24) is 4.31 Å². The number of rotatable bonds is 8. The summed E-state index contributed by atoms with van der Waals surface area (Å²) < 4.78 is 33.0. The molecule has 168 valence electrons. The monoisotopic (exact) mass is 452 g/mol. The third kappa shape index (κ3) is 5.36. The highest BCUT2D eigenvalue weighted by Gasteiger charge is 2.31. The lowest BCUT2D eigenvalue weighted by molar-refractivity contribution is -0.117. The maximum absolute atomic E-state index is 13.3. The van der Waals surface area contributed by atoms with Crippen molar-refractivity contribution < 1.29 is 17.9 Å². The molecule has 0 aliphatic heterocycles. The van der Waals surface area contributed by atoms with E-state index in [0.29, 0.717) is 17.0 Å². The fourth-order valence-corrected chi connectivity index (χ4v) is 4.78. The van der Waals surface area contributed by atoms with Crippen LogP contribution >= 0.6 is 0 Å². The van der Waals surface area contributed by atoms with Gasteiger partial charge in [0.2, 0.25) is 15.9 Å². The summed E-state index contributed by atoms with van der Waals surface area (Å²) in [5.41, 5.74) is 3.58. The molecule has 6 nitrogen and oxygen atoms in total. The molecule has 0 aliphatic carbocycles. The fourth-order valence-electron chi connectivity index (χ4n) is 3.42. The van der Waals surface area contributed by atoms with E-state index in [1.807, 2.05) is 32.0 Å². The lowest BCUT2D eigenvalue weighted by Crippen LogP contribution is -2.33. The molecule has 0 bridgehead atoms. The van der Waals surface area contributed by atoms with Crippen molar-refractivity contribution in [3.63, 3.8) is 0 Å². The SMILES string of the molecule is COc1ccc([C@H](CC(=O)Nc2ccc(C)c(C)c2)N(C)S(=O)(=O)c2ccccc2)cc1. The summed E-state index contributed by atoms with van der Waals surface area (Å²) in [6.45, 7) is 3.98. The Morgan fingerprint density at radius 1 is 0.969 bits per heavy atom. The Hall–Kier alpha value is -3.16. The van der Waals surface area contributed by atoms with Crippen LogP contribution in [0.3, 0.4) is 0 Å². The number of hydrogen-bond acceptors (Lipinski definition) is 4. The molecule has 0 aromatic heterocycles. The Bertz CT molecular complexity index is 1180. The standard InChI is InChI=1S/C25H28N2O4S/c1-18-10-13-21(16-19(18)2)26-25(28)17-24(20-11-14-22(31-4)15-12-20)27(3)32(29,30)23-8-6-5-7-9-23/h5-16,24H,17H2,1-4H3,(H,26,28)/t24-/m0/s1. The zero-order valence-corrected chi connectivity index (χ0v) is 19.5. The minimum absolute atomic E-state index is 0.0399. The van der Waals surface area contributed by atoms with Gasteiger partial charge in [0, 0.05) is 19.2 Å². The zero-order chi connectivity index (χ0) is 23.3. The van der Waals surface area contributed by atoms with Gasteiger partial charge in [-0.25, -0.2) is 8.42 Å². The van der Waals surface area contributed by atoms with E-state index in [4.69, 9.17) is 4.74 Å². The number of carbonyl (C=O) groups excluding carboxylic acids is 1. The van der Waals surface area contributed by atoms with Crippen molar-refractivity contribution in [2.75, 3.05) is 19.5 Å². The van der Waals surface area contributed by atoms with E-state index in [9.17, 15) is 13.2 Å². The van der Waals surface area contributed by atoms with Crippen molar-refractivity contribution in [3.8, 4) is 5.75 Å². The van der Waals surface area contributed by atoms with Crippen LogP contribution in [-0.2, 0) is 14.8 Å². The molecule has 3 aromatic carbocycles. The third-order valence-corrected chi connectivity index (χ3v) is 7.41. The summed E-state index contributed by atoms with van der Waals surface area (Å²) in [5, 5.41) is 2.89. The third-order valence-electron chi connectivity index (χ3n) is 5.53. The average molecular weight is 453 g/mol. The lowest BCUT2D eigenvalue weighted by atomic mass is 10.0. The van der Waals surface area contributed by atoms with Gasteiger partial charge in [0.25, 0.3) is 0 Å². The number of hydrogen-bond donors (Lipinski definition) is 1. The Morgan fingerprint density at radius 2 is 1.62 bits per heavy atom. The van der Waals surface area contributed by atoms with Crippen LogP contribution in [0.15, 0.2) is 77.7 Å². The van der Waals surface area contributed by atoms with Crippen molar-refractivity contribution in [2.24, 2.45) is 0 Å². The molecule has 0 saturated heterocycles. The number of amides is 1. The first-order valence-corrected chi connectivity index (χ1v) is 11.7. The highest BCUT2D eigenvalue weighted by molar-refractivity contribution is 7.89. The van der Waals surface area contributed by atoms with Crippen molar-refractivity contribution in [1.29, 1.82) is 0 Å². The molecule has 7 heteroatoms. The number of carbonyl (C=O) groups is 1. The number of benzene rings is 3. The Balaban J connectivity index is 1.91. The lowest BCUT2D eigenvalue weighted by Gasteiger charge is -2.28. The maximum Gasteiger partial charge on any atom is 0.243 e. The normalized spacial score (nSPS) is 12.4. The summed E-state index contributed by atoms with van der Waals surface area (Å²) in [6, 6.07) is 20.3. The first-order chi connectivity index (χ1) is 15.2. The first kappa shape index (κ1) is 23.5. The molecule has 0 saturated carbocycles. The summed E-state index contributed by atoms with van der Waals surface area (Å²) >= 11 is 0. The van der Waals surface area contributed by atoms with E-state index in [2.05, 4.69) is 5.32 Å². The number of aryl methyl sites for hydroxylation is 2. The first-order valence-electron chi connectivity index (χ1n) is 10.3. The van der Waals surface area contributed by atoms with Gasteiger partial charge in [0.1, 0.15) is 5.75 Å². The largest absolute Gasteiger partial charge is 0.497 e. The molecule has 1 N–H and O–H groups in total. The van der Waals surface area contributed by atoms with E-state index >= 15 is 0 Å². The molecule has 3 aromatic rings. The Morgan fingerprint density at radius 3 is 2.22 bits per heavy atom. The number of ether oxygens (including phenoxy) is 1.